The van der Waals surface area contributed by atoms with Gasteiger partial charge in [0, 0.05) is 13.1 Å². The molecule has 1 heterocycles. The van der Waals surface area contributed by atoms with Crippen LogP contribution in [0.3, 0.4) is 0 Å². The molecule has 0 aliphatic carbocycles. The van der Waals surface area contributed by atoms with E-state index in [4.69, 9.17) is 4.42 Å². The van der Waals surface area contributed by atoms with Gasteiger partial charge in [0.25, 0.3) is 5.91 Å². The minimum atomic E-state index is 0.00572. The molecule has 0 aromatic carbocycles. The van der Waals surface area contributed by atoms with Gasteiger partial charge in [-0.3, -0.25) is 4.79 Å². The first kappa shape index (κ1) is 11.8. The third kappa shape index (κ3) is 2.61. The summed E-state index contributed by atoms with van der Waals surface area (Å²) in [5.74, 6) is 0.00572. The maximum atomic E-state index is 12.0. The van der Waals surface area contributed by atoms with E-state index in [-0.39, 0.29) is 17.4 Å². The quantitative estimate of drug-likeness (QED) is 0.750. The Balaban J connectivity index is 2.78. The fraction of sp³-hybridized carbons (Fsp3) is 0.583. The highest BCUT2D eigenvalue weighted by molar-refractivity contribution is 5.93. The number of carbonyl (C=O) groups is 1. The summed E-state index contributed by atoms with van der Waals surface area (Å²) in [6, 6.07) is 1.87. The van der Waals surface area contributed by atoms with Crippen molar-refractivity contribution in [3.63, 3.8) is 0 Å². The molecule has 0 spiro atoms. The predicted molar refractivity (Wildman–Crippen MR) is 59.7 cm³/mol. The third-order valence-electron chi connectivity index (χ3n) is 2.92. The molecule has 0 N–H and O–H groups in total. The van der Waals surface area contributed by atoms with E-state index in [1.807, 2.05) is 7.05 Å². The number of hydrogen-bond acceptors (Lipinski definition) is 2. The summed E-state index contributed by atoms with van der Waals surface area (Å²) in [5.41, 5.74) is 0.683. The minimum absolute atomic E-state index is 0.00572. The molecule has 0 saturated heterocycles. The smallest absolute Gasteiger partial charge is 0.257 e. The molecule has 3 heteroatoms. The molecule has 0 fully saturated rings. The lowest BCUT2D eigenvalue weighted by Gasteiger charge is -2.35. The van der Waals surface area contributed by atoms with Gasteiger partial charge in [-0.05, 0) is 18.4 Å². The lowest BCUT2D eigenvalue weighted by molar-refractivity contribution is 0.0628. The molecule has 1 aromatic rings. The molecule has 1 amide bonds. The number of hydrogen-bond donors (Lipinski definition) is 0. The number of amides is 1. The second-order valence-corrected chi connectivity index (χ2v) is 4.97. The van der Waals surface area contributed by atoms with Crippen molar-refractivity contribution in [2.24, 2.45) is 5.41 Å². The van der Waals surface area contributed by atoms with Gasteiger partial charge in [0.15, 0.2) is 0 Å². The van der Waals surface area contributed by atoms with Crippen molar-refractivity contribution in [2.45, 2.75) is 33.7 Å². The molecule has 0 saturated carbocycles. The fourth-order valence-electron chi connectivity index (χ4n) is 1.35. The van der Waals surface area contributed by atoms with Gasteiger partial charge in [0.2, 0.25) is 0 Å². The van der Waals surface area contributed by atoms with Crippen molar-refractivity contribution in [1.82, 2.24) is 4.90 Å². The van der Waals surface area contributed by atoms with Crippen LogP contribution in [-0.4, -0.2) is 23.9 Å². The number of rotatable bonds is 2. The largest absolute Gasteiger partial charge is 0.472 e. The molecular formula is C12H19NO2. The van der Waals surface area contributed by atoms with Crippen molar-refractivity contribution in [3.8, 4) is 0 Å². The Morgan fingerprint density at radius 1 is 1.47 bits per heavy atom. The van der Waals surface area contributed by atoms with Crippen molar-refractivity contribution >= 4 is 5.91 Å². The van der Waals surface area contributed by atoms with Gasteiger partial charge >= 0.3 is 0 Å². The van der Waals surface area contributed by atoms with Crippen molar-refractivity contribution < 1.29 is 9.21 Å². The maximum absolute atomic E-state index is 12.0. The van der Waals surface area contributed by atoms with E-state index in [2.05, 4.69) is 27.7 Å². The first-order chi connectivity index (χ1) is 6.84. The van der Waals surface area contributed by atoms with Crippen LogP contribution in [0, 0.1) is 5.41 Å². The molecule has 1 unspecified atom stereocenters. The summed E-state index contributed by atoms with van der Waals surface area (Å²) >= 11 is 0. The van der Waals surface area contributed by atoms with Crippen molar-refractivity contribution in [3.05, 3.63) is 24.2 Å². The van der Waals surface area contributed by atoms with E-state index in [1.54, 1.807) is 11.0 Å². The highest BCUT2D eigenvalue weighted by atomic mass is 16.3. The summed E-state index contributed by atoms with van der Waals surface area (Å²) in [4.78, 5) is 13.7. The van der Waals surface area contributed by atoms with Crippen LogP contribution in [0.15, 0.2) is 23.0 Å². The maximum Gasteiger partial charge on any atom is 0.257 e. The summed E-state index contributed by atoms with van der Waals surface area (Å²) in [7, 11) is 1.82. The van der Waals surface area contributed by atoms with Gasteiger partial charge in [-0.1, -0.05) is 20.8 Å². The van der Waals surface area contributed by atoms with Gasteiger partial charge in [-0.15, -0.1) is 0 Å². The Morgan fingerprint density at radius 2 is 2.07 bits per heavy atom. The van der Waals surface area contributed by atoms with Crippen LogP contribution < -0.4 is 0 Å². The lowest BCUT2D eigenvalue weighted by Crippen LogP contribution is -2.42. The molecular weight excluding hydrogens is 190 g/mol. The van der Waals surface area contributed by atoms with Gasteiger partial charge in [0.05, 0.1) is 11.8 Å². The van der Waals surface area contributed by atoms with Crippen LogP contribution in [0.1, 0.15) is 38.1 Å². The first-order valence-corrected chi connectivity index (χ1v) is 5.13. The van der Waals surface area contributed by atoms with Crippen molar-refractivity contribution in [2.75, 3.05) is 7.05 Å². The van der Waals surface area contributed by atoms with E-state index < -0.39 is 0 Å². The van der Waals surface area contributed by atoms with Crippen LogP contribution in [0.2, 0.25) is 0 Å². The van der Waals surface area contributed by atoms with Gasteiger partial charge < -0.3 is 9.32 Å². The van der Waals surface area contributed by atoms with E-state index >= 15 is 0 Å². The Bertz CT molecular complexity index is 322. The zero-order valence-electron chi connectivity index (χ0n) is 10.1. The SMILES string of the molecule is CC(N(C)C(=O)c1ccoc1)C(C)(C)C. The summed E-state index contributed by atoms with van der Waals surface area (Å²) in [6.07, 6.45) is 3.00. The second kappa shape index (κ2) is 4.09. The topological polar surface area (TPSA) is 33.5 Å². The summed E-state index contributed by atoms with van der Waals surface area (Å²) in [6.45, 7) is 8.42. The molecule has 15 heavy (non-hydrogen) atoms. The van der Waals surface area contributed by atoms with Gasteiger partial charge in [0.1, 0.15) is 6.26 Å². The Morgan fingerprint density at radius 3 is 2.47 bits per heavy atom. The summed E-state index contributed by atoms with van der Waals surface area (Å²) in [5, 5.41) is 0. The molecule has 0 aliphatic rings. The molecule has 1 atom stereocenters. The van der Waals surface area contributed by atoms with Crippen LogP contribution in [0.4, 0.5) is 0 Å². The average Bonchev–Trinajstić information content (AvgIpc) is 2.65. The highest BCUT2D eigenvalue weighted by Gasteiger charge is 2.27. The van der Waals surface area contributed by atoms with Gasteiger partial charge in [-0.2, -0.15) is 0 Å². The van der Waals surface area contributed by atoms with E-state index in [0.717, 1.165) is 0 Å². The van der Waals surface area contributed by atoms with E-state index in [1.165, 1.54) is 12.5 Å². The molecule has 0 radical (unpaired) electrons. The number of nitrogens with zero attached hydrogens (tertiary/aromatic N) is 1. The standard InChI is InChI=1S/C12H19NO2/c1-9(12(2,3)4)13(5)11(14)10-6-7-15-8-10/h6-9H,1-5H3. The molecule has 84 valence electrons. The molecule has 1 aromatic heterocycles. The molecule has 1 rings (SSSR count). The van der Waals surface area contributed by atoms with Gasteiger partial charge in [-0.25, -0.2) is 0 Å². The predicted octanol–water partition coefficient (Wildman–Crippen LogP) is 2.79. The van der Waals surface area contributed by atoms with Crippen LogP contribution >= 0.6 is 0 Å². The summed E-state index contributed by atoms with van der Waals surface area (Å²) < 4.78 is 4.90. The fourth-order valence-corrected chi connectivity index (χ4v) is 1.35. The number of furan rings is 1. The minimum Gasteiger partial charge on any atom is -0.472 e. The second-order valence-electron chi connectivity index (χ2n) is 4.97. The zero-order chi connectivity index (χ0) is 11.6. The van der Waals surface area contributed by atoms with E-state index in [0.29, 0.717) is 5.56 Å². The molecule has 3 nitrogen and oxygen atoms in total. The van der Waals surface area contributed by atoms with E-state index in [9.17, 15) is 4.79 Å². The lowest BCUT2D eigenvalue weighted by atomic mass is 9.87. The van der Waals surface area contributed by atoms with Crippen molar-refractivity contribution in [1.29, 1.82) is 0 Å². The monoisotopic (exact) mass is 209 g/mol. The average molecular weight is 209 g/mol. The third-order valence-corrected chi connectivity index (χ3v) is 2.92. The molecule has 0 bridgehead atoms. The Kier molecular flexibility index (Phi) is 3.22. The molecule has 0 aliphatic heterocycles. The first-order valence-electron chi connectivity index (χ1n) is 5.13. The Labute approximate surface area is 91.1 Å². The van der Waals surface area contributed by atoms with Crippen LogP contribution in [0.25, 0.3) is 0 Å². The Hall–Kier alpha value is -1.25. The normalized spacial score (nSPS) is 13.7. The highest BCUT2D eigenvalue weighted by Crippen LogP contribution is 2.24. The van der Waals surface area contributed by atoms with Crippen LogP contribution in [-0.2, 0) is 0 Å². The number of carbonyl (C=O) groups excluding carboxylic acids is 1. The zero-order valence-corrected chi connectivity index (χ0v) is 10.1. The van der Waals surface area contributed by atoms with Crippen LogP contribution in [0.5, 0.6) is 0 Å².